The van der Waals surface area contributed by atoms with Crippen molar-refractivity contribution in [3.05, 3.63) is 0 Å². The Balaban J connectivity index is 6.49. The zero-order valence-corrected chi connectivity index (χ0v) is 15.5. The molecule has 0 aromatic heterocycles. The summed E-state index contributed by atoms with van der Waals surface area (Å²) in [7, 11) is 0. The molecular weight excluding hydrogens is 568 g/mol. The second kappa shape index (κ2) is 8.82. The molecule has 2 atom stereocenters. The van der Waals surface area contributed by atoms with E-state index < -0.39 is 78.9 Å². The number of hydrogen-bond acceptors (Lipinski definition) is 2. The van der Waals surface area contributed by atoms with Crippen LogP contribution >= 0.6 is 0 Å². The molecule has 0 aliphatic rings. The van der Waals surface area contributed by atoms with Crippen molar-refractivity contribution < 1.29 is 98.0 Å². The van der Waals surface area contributed by atoms with Crippen LogP contribution in [0.2, 0.25) is 0 Å². The van der Waals surface area contributed by atoms with E-state index in [4.69, 9.17) is 10.2 Å². The van der Waals surface area contributed by atoms with Gasteiger partial charge < -0.3 is 10.2 Å². The molecule has 2 nitrogen and oxygen atoms in total. The third-order valence-electron chi connectivity index (χ3n) is 4.14. The first-order valence-corrected chi connectivity index (χ1v) is 7.90. The largest absolute Gasteiger partial charge is 0.460 e. The van der Waals surface area contributed by atoms with Gasteiger partial charge in [0, 0.05) is 6.42 Å². The Bertz CT molecular complexity index is 734. The van der Waals surface area contributed by atoms with Crippen molar-refractivity contribution in [3.63, 3.8) is 0 Å². The molecule has 0 aliphatic carbocycles. The van der Waals surface area contributed by atoms with Crippen LogP contribution in [0.4, 0.5) is 87.8 Å². The molecule has 0 saturated carbocycles. The molecule has 0 amide bonds. The van der Waals surface area contributed by atoms with E-state index in [-0.39, 0.29) is 0 Å². The van der Waals surface area contributed by atoms with Crippen molar-refractivity contribution in [2.75, 3.05) is 0 Å². The summed E-state index contributed by atoms with van der Waals surface area (Å²) in [6.45, 7) is 0. The predicted octanol–water partition coefficient (Wildman–Crippen LogP) is 6.06. The first kappa shape index (κ1) is 33.5. The quantitative estimate of drug-likeness (QED) is 0.311. The number of aliphatic hydroxyl groups excluding tert-OH is 2. The molecule has 212 valence electrons. The van der Waals surface area contributed by atoms with E-state index in [2.05, 4.69) is 0 Å². The highest BCUT2D eigenvalue weighted by Crippen LogP contribution is 2.64. The lowest BCUT2D eigenvalue weighted by atomic mass is 9.87. The minimum Gasteiger partial charge on any atom is -0.390 e. The molecule has 0 fully saturated rings. The molecule has 2 unspecified atom stereocenters. The fourth-order valence-corrected chi connectivity index (χ4v) is 2.10. The van der Waals surface area contributed by atoms with E-state index in [9.17, 15) is 87.8 Å². The van der Waals surface area contributed by atoms with Crippen LogP contribution in [0, 0.1) is 0 Å². The number of alkyl halides is 20. The fourth-order valence-electron chi connectivity index (χ4n) is 2.10. The molecule has 0 rings (SSSR count). The highest BCUT2D eigenvalue weighted by molar-refractivity contribution is 5.15. The van der Waals surface area contributed by atoms with Gasteiger partial charge in [0.2, 0.25) is 0 Å². The van der Waals surface area contributed by atoms with Crippen LogP contribution in [0.1, 0.15) is 12.8 Å². The maximum absolute atomic E-state index is 13.5. The van der Waals surface area contributed by atoms with Gasteiger partial charge in [-0.2, -0.15) is 87.8 Å². The summed E-state index contributed by atoms with van der Waals surface area (Å²) >= 11 is 0. The summed E-state index contributed by atoms with van der Waals surface area (Å²) in [5, 5.41) is 17.6. The number of aliphatic hydroxyl groups is 2. The smallest absolute Gasteiger partial charge is 0.390 e. The van der Waals surface area contributed by atoms with E-state index in [1.54, 1.807) is 0 Å². The summed E-state index contributed by atoms with van der Waals surface area (Å²) in [6.07, 6.45) is -27.2. The molecule has 0 heterocycles. The molecule has 0 spiro atoms. The van der Waals surface area contributed by atoms with Crippen molar-refractivity contribution in [2.24, 2.45) is 0 Å². The van der Waals surface area contributed by atoms with Gasteiger partial charge in [-0.25, -0.2) is 0 Å². The molecule has 0 bridgehead atoms. The Kier molecular flexibility index (Phi) is 8.45. The van der Waals surface area contributed by atoms with Crippen LogP contribution in [0.15, 0.2) is 0 Å². The van der Waals surface area contributed by atoms with Gasteiger partial charge >= 0.3 is 53.8 Å². The van der Waals surface area contributed by atoms with Crippen molar-refractivity contribution in [2.45, 2.75) is 78.9 Å². The van der Waals surface area contributed by atoms with Gasteiger partial charge in [-0.3, -0.25) is 0 Å². The van der Waals surface area contributed by atoms with E-state index in [0.29, 0.717) is 0 Å². The van der Waals surface area contributed by atoms with Crippen molar-refractivity contribution in [3.8, 4) is 0 Å². The molecule has 0 aliphatic heterocycles. The molecular formula is C13H8F20O2. The highest BCUT2D eigenvalue weighted by Gasteiger charge is 2.95. The molecule has 0 saturated heterocycles. The van der Waals surface area contributed by atoms with Crippen LogP contribution < -0.4 is 0 Å². The Morgan fingerprint density at radius 3 is 0.914 bits per heavy atom. The Hall–Kier alpha value is -1.48. The lowest BCUT2D eigenvalue weighted by Crippen LogP contribution is -2.74. The third-order valence-corrected chi connectivity index (χ3v) is 4.14. The maximum atomic E-state index is 13.5. The molecule has 0 aromatic carbocycles. The standard InChI is InChI=1S/C13H8F20O2/c14-5(15,1-3(34)4(35)2-6(16,17)18)7(19,20)8(21,22)9(23,24)10(25,26)11(27,28)12(29,30)13(31,32)33/h3-4,34-35H,1-2H2. The van der Waals surface area contributed by atoms with Gasteiger partial charge in [0.05, 0.1) is 18.6 Å². The summed E-state index contributed by atoms with van der Waals surface area (Å²) in [4.78, 5) is 0. The first-order chi connectivity index (χ1) is 14.8. The van der Waals surface area contributed by atoms with Crippen LogP contribution in [-0.2, 0) is 0 Å². The molecule has 0 aromatic rings. The lowest BCUT2D eigenvalue weighted by Gasteiger charge is -2.43. The van der Waals surface area contributed by atoms with Crippen molar-refractivity contribution in [1.82, 2.24) is 0 Å². The summed E-state index contributed by atoms with van der Waals surface area (Å²) in [5.41, 5.74) is 0. The number of rotatable bonds is 10. The zero-order chi connectivity index (χ0) is 29.1. The predicted molar refractivity (Wildman–Crippen MR) is 68.0 cm³/mol. The van der Waals surface area contributed by atoms with Gasteiger partial charge in [0.25, 0.3) is 0 Å². The minimum atomic E-state index is -8.85. The first-order valence-electron chi connectivity index (χ1n) is 7.90. The van der Waals surface area contributed by atoms with Crippen LogP contribution in [-0.4, -0.2) is 76.2 Å². The number of hydrogen-bond donors (Lipinski definition) is 2. The molecule has 2 N–H and O–H groups in total. The Labute approximate surface area is 178 Å². The summed E-state index contributed by atoms with van der Waals surface area (Å²) < 4.78 is 257. The van der Waals surface area contributed by atoms with Gasteiger partial charge in [-0.05, 0) is 0 Å². The van der Waals surface area contributed by atoms with Crippen molar-refractivity contribution in [1.29, 1.82) is 0 Å². The summed E-state index contributed by atoms with van der Waals surface area (Å²) in [5.74, 6) is -58.6. The van der Waals surface area contributed by atoms with Crippen LogP contribution in [0.5, 0.6) is 0 Å². The van der Waals surface area contributed by atoms with Gasteiger partial charge in [0.1, 0.15) is 0 Å². The molecule has 22 heteroatoms. The lowest BCUT2D eigenvalue weighted by molar-refractivity contribution is -0.462. The fraction of sp³-hybridized carbons (Fsp3) is 1.00. The average Bonchev–Trinajstić information content (AvgIpc) is 2.57. The van der Waals surface area contributed by atoms with Crippen LogP contribution in [0.25, 0.3) is 0 Å². The Morgan fingerprint density at radius 1 is 0.371 bits per heavy atom. The SMILES string of the molecule is OC(CC(F)(F)F)C(O)CC(F)(F)C(F)(F)C(F)(F)C(F)(F)C(F)(F)C(F)(F)C(F)(F)C(F)(F)F. The number of halogens is 20. The second-order valence-corrected chi connectivity index (χ2v) is 6.81. The van der Waals surface area contributed by atoms with E-state index in [0.717, 1.165) is 0 Å². The maximum Gasteiger partial charge on any atom is 0.460 e. The van der Waals surface area contributed by atoms with E-state index in [1.165, 1.54) is 0 Å². The third kappa shape index (κ3) is 5.31. The van der Waals surface area contributed by atoms with E-state index in [1.807, 2.05) is 0 Å². The van der Waals surface area contributed by atoms with E-state index >= 15 is 0 Å². The second-order valence-electron chi connectivity index (χ2n) is 6.81. The topological polar surface area (TPSA) is 40.5 Å². The van der Waals surface area contributed by atoms with Gasteiger partial charge in [-0.1, -0.05) is 0 Å². The van der Waals surface area contributed by atoms with Crippen molar-refractivity contribution >= 4 is 0 Å². The normalized spacial score (nSPS) is 18.0. The van der Waals surface area contributed by atoms with Crippen LogP contribution in [0.3, 0.4) is 0 Å². The zero-order valence-electron chi connectivity index (χ0n) is 15.5. The highest BCUT2D eigenvalue weighted by atomic mass is 19.4. The van der Waals surface area contributed by atoms with Gasteiger partial charge in [0.15, 0.2) is 0 Å². The summed E-state index contributed by atoms with van der Waals surface area (Å²) in [6, 6.07) is 0. The monoisotopic (exact) mass is 576 g/mol. The Morgan fingerprint density at radius 2 is 0.629 bits per heavy atom. The molecule has 0 radical (unpaired) electrons. The van der Waals surface area contributed by atoms with Gasteiger partial charge in [-0.15, -0.1) is 0 Å². The molecule has 35 heavy (non-hydrogen) atoms. The minimum absolute atomic E-state index is 2.72. The average molecular weight is 576 g/mol.